The van der Waals surface area contributed by atoms with E-state index in [1.165, 1.54) is 12.1 Å². The van der Waals surface area contributed by atoms with E-state index < -0.39 is 11.8 Å². The number of carboxylic acid groups (broad SMARTS) is 1. The minimum absolute atomic E-state index is 0.112. The van der Waals surface area contributed by atoms with Crippen LogP contribution in [0.25, 0.3) is 0 Å². The van der Waals surface area contributed by atoms with Crippen LogP contribution in [0.1, 0.15) is 34.6 Å². The monoisotopic (exact) mass is 344 g/mol. The fourth-order valence-electron chi connectivity index (χ4n) is 2.62. The molecule has 7 nitrogen and oxygen atoms in total. The largest absolute Gasteiger partial charge is 0.481 e. The van der Waals surface area contributed by atoms with Crippen LogP contribution < -0.4 is 10.7 Å². The van der Waals surface area contributed by atoms with Crippen molar-refractivity contribution < 1.29 is 19.1 Å². The van der Waals surface area contributed by atoms with E-state index >= 15 is 0 Å². The molecule has 0 spiro atoms. The number of nitrogens with one attached hydrogen (secondary N) is 3. The SMILES string of the molecule is O=C(O)CC/C(=N\Nc1cccc(F)c1)c1cc2c([nH]1)CCNC2=O. The summed E-state index contributed by atoms with van der Waals surface area (Å²) >= 11 is 0. The third-order valence-corrected chi connectivity index (χ3v) is 3.84. The highest BCUT2D eigenvalue weighted by molar-refractivity contribution is 6.04. The van der Waals surface area contributed by atoms with E-state index in [2.05, 4.69) is 20.8 Å². The van der Waals surface area contributed by atoms with Crippen LogP contribution in [0.2, 0.25) is 0 Å². The van der Waals surface area contributed by atoms with Crippen LogP contribution in [0.5, 0.6) is 0 Å². The molecule has 1 aliphatic rings. The lowest BCUT2D eigenvalue weighted by Gasteiger charge is -2.11. The minimum Gasteiger partial charge on any atom is -0.481 e. The maximum absolute atomic E-state index is 13.2. The minimum atomic E-state index is -0.951. The van der Waals surface area contributed by atoms with Crippen molar-refractivity contribution in [3.8, 4) is 0 Å². The molecule has 0 radical (unpaired) electrons. The predicted molar refractivity (Wildman–Crippen MR) is 90.3 cm³/mol. The van der Waals surface area contributed by atoms with Gasteiger partial charge in [0.1, 0.15) is 5.82 Å². The second-order valence-corrected chi connectivity index (χ2v) is 5.66. The number of H-pyrrole nitrogens is 1. The first-order chi connectivity index (χ1) is 12.0. The number of halogens is 1. The Morgan fingerprint density at radius 3 is 2.88 bits per heavy atom. The van der Waals surface area contributed by atoms with E-state index in [1.54, 1.807) is 18.2 Å². The third kappa shape index (κ3) is 4.03. The highest BCUT2D eigenvalue weighted by atomic mass is 19.1. The average molecular weight is 344 g/mol. The lowest BCUT2D eigenvalue weighted by Crippen LogP contribution is -2.31. The van der Waals surface area contributed by atoms with Crippen LogP contribution in [0, 0.1) is 5.82 Å². The summed E-state index contributed by atoms with van der Waals surface area (Å²) in [7, 11) is 0. The van der Waals surface area contributed by atoms with Gasteiger partial charge in [-0.1, -0.05) is 6.07 Å². The quantitative estimate of drug-likeness (QED) is 0.476. The van der Waals surface area contributed by atoms with Gasteiger partial charge in [-0.15, -0.1) is 0 Å². The van der Waals surface area contributed by atoms with Crippen molar-refractivity contribution in [1.82, 2.24) is 10.3 Å². The number of carbonyl (C=O) groups excluding carboxylic acids is 1. The molecule has 1 amide bonds. The molecular formula is C17H17FN4O3. The Kier molecular flexibility index (Phi) is 4.78. The Labute approximate surface area is 142 Å². The van der Waals surface area contributed by atoms with Crippen molar-refractivity contribution in [3.63, 3.8) is 0 Å². The first kappa shape index (κ1) is 16.7. The van der Waals surface area contributed by atoms with Crippen molar-refractivity contribution in [2.45, 2.75) is 19.3 Å². The smallest absolute Gasteiger partial charge is 0.303 e. The zero-order valence-corrected chi connectivity index (χ0v) is 13.3. The summed E-state index contributed by atoms with van der Waals surface area (Å²) in [6.45, 7) is 0.551. The van der Waals surface area contributed by atoms with Crippen LogP contribution in [0.3, 0.4) is 0 Å². The summed E-state index contributed by atoms with van der Waals surface area (Å²) in [5, 5.41) is 15.9. The molecule has 1 aromatic carbocycles. The van der Waals surface area contributed by atoms with Crippen molar-refractivity contribution in [2.75, 3.05) is 12.0 Å². The van der Waals surface area contributed by atoms with Crippen molar-refractivity contribution >= 4 is 23.3 Å². The predicted octanol–water partition coefficient (Wildman–Crippen LogP) is 2.12. The second kappa shape index (κ2) is 7.16. The summed E-state index contributed by atoms with van der Waals surface area (Å²) in [6, 6.07) is 7.46. The van der Waals surface area contributed by atoms with Gasteiger partial charge in [-0.05, 0) is 24.3 Å². The maximum atomic E-state index is 13.2. The van der Waals surface area contributed by atoms with Crippen LogP contribution in [-0.2, 0) is 11.2 Å². The lowest BCUT2D eigenvalue weighted by atomic mass is 10.1. The van der Waals surface area contributed by atoms with Crippen molar-refractivity contribution in [2.24, 2.45) is 5.10 Å². The first-order valence-corrected chi connectivity index (χ1v) is 7.83. The van der Waals surface area contributed by atoms with E-state index in [4.69, 9.17) is 5.11 Å². The Morgan fingerprint density at radius 1 is 1.32 bits per heavy atom. The van der Waals surface area contributed by atoms with Gasteiger partial charge in [-0.25, -0.2) is 4.39 Å². The zero-order chi connectivity index (χ0) is 17.8. The van der Waals surface area contributed by atoms with E-state index in [-0.39, 0.29) is 18.7 Å². The number of anilines is 1. The van der Waals surface area contributed by atoms with Crippen molar-refractivity contribution in [1.29, 1.82) is 0 Å². The van der Waals surface area contributed by atoms with Gasteiger partial charge in [0.05, 0.1) is 29.1 Å². The normalized spacial score (nSPS) is 14.0. The van der Waals surface area contributed by atoms with Gasteiger partial charge in [0.2, 0.25) is 0 Å². The Bertz CT molecular complexity index is 844. The molecule has 4 N–H and O–H groups in total. The molecule has 1 aliphatic heterocycles. The maximum Gasteiger partial charge on any atom is 0.303 e. The topological polar surface area (TPSA) is 107 Å². The number of aliphatic carboxylic acids is 1. The number of nitrogens with zero attached hydrogens (tertiary/aromatic N) is 1. The first-order valence-electron chi connectivity index (χ1n) is 7.83. The molecule has 25 heavy (non-hydrogen) atoms. The van der Waals surface area contributed by atoms with E-state index in [0.717, 1.165) is 5.69 Å². The van der Waals surface area contributed by atoms with Gasteiger partial charge in [-0.2, -0.15) is 5.10 Å². The molecule has 1 aromatic heterocycles. The van der Waals surface area contributed by atoms with Crippen LogP contribution in [-0.4, -0.2) is 34.2 Å². The highest BCUT2D eigenvalue weighted by Gasteiger charge is 2.21. The van der Waals surface area contributed by atoms with Gasteiger partial charge in [0.25, 0.3) is 5.91 Å². The summed E-state index contributed by atoms with van der Waals surface area (Å²) in [6.07, 6.45) is 0.725. The number of carbonyl (C=O) groups is 2. The van der Waals surface area contributed by atoms with E-state index in [9.17, 15) is 14.0 Å². The molecule has 8 heteroatoms. The van der Waals surface area contributed by atoms with Crippen LogP contribution in [0.15, 0.2) is 35.4 Å². The second-order valence-electron chi connectivity index (χ2n) is 5.66. The number of carboxylic acids is 1. The molecule has 0 atom stereocenters. The molecule has 0 bridgehead atoms. The van der Waals surface area contributed by atoms with E-state index in [0.29, 0.717) is 35.6 Å². The number of benzene rings is 1. The Morgan fingerprint density at radius 2 is 2.16 bits per heavy atom. The number of rotatable bonds is 6. The number of fused-ring (bicyclic) bond motifs is 1. The Balaban J connectivity index is 1.87. The molecule has 0 aliphatic carbocycles. The number of hydrazone groups is 1. The summed E-state index contributed by atoms with van der Waals surface area (Å²) in [4.78, 5) is 25.9. The molecule has 130 valence electrons. The van der Waals surface area contributed by atoms with E-state index in [1.807, 2.05) is 0 Å². The fraction of sp³-hybridized carbons (Fsp3) is 0.235. The number of aromatic nitrogens is 1. The van der Waals surface area contributed by atoms with Gasteiger partial charge in [0, 0.05) is 25.1 Å². The van der Waals surface area contributed by atoms with Crippen molar-refractivity contribution in [3.05, 3.63) is 53.1 Å². The zero-order valence-electron chi connectivity index (χ0n) is 13.3. The lowest BCUT2D eigenvalue weighted by molar-refractivity contribution is -0.136. The van der Waals surface area contributed by atoms with Crippen LogP contribution >= 0.6 is 0 Å². The number of hydrogen-bond acceptors (Lipinski definition) is 4. The average Bonchev–Trinajstić information content (AvgIpc) is 3.00. The molecule has 0 saturated carbocycles. The summed E-state index contributed by atoms with van der Waals surface area (Å²) in [5.74, 6) is -1.52. The number of hydrogen-bond donors (Lipinski definition) is 4. The molecule has 2 heterocycles. The fourth-order valence-corrected chi connectivity index (χ4v) is 2.62. The molecule has 0 fully saturated rings. The molecular weight excluding hydrogens is 327 g/mol. The molecule has 0 unspecified atom stereocenters. The standard InChI is InChI=1S/C17H17FN4O3/c18-10-2-1-3-11(8-10)21-22-14(4-5-16(23)24)15-9-12-13(20-15)6-7-19-17(12)25/h1-3,8-9,20-21H,4-7H2,(H,19,25)(H,23,24)/b22-14+. The number of amides is 1. The van der Waals surface area contributed by atoms with Crippen LogP contribution in [0.4, 0.5) is 10.1 Å². The summed E-state index contributed by atoms with van der Waals surface area (Å²) < 4.78 is 13.2. The van der Waals surface area contributed by atoms with Gasteiger partial charge in [-0.3, -0.25) is 15.0 Å². The Hall–Kier alpha value is -3.16. The van der Waals surface area contributed by atoms with Gasteiger partial charge in [0.15, 0.2) is 0 Å². The molecule has 3 rings (SSSR count). The highest BCUT2D eigenvalue weighted by Crippen LogP contribution is 2.18. The third-order valence-electron chi connectivity index (χ3n) is 3.84. The van der Waals surface area contributed by atoms with Gasteiger partial charge >= 0.3 is 5.97 Å². The summed E-state index contributed by atoms with van der Waals surface area (Å²) in [5.41, 5.74) is 5.54. The van der Waals surface area contributed by atoms with Gasteiger partial charge < -0.3 is 15.4 Å². The molecule has 0 saturated heterocycles. The molecule has 2 aromatic rings. The number of aromatic amines is 1.